The SMILES string of the molecule is CCn1c(CS(=O)(=O)C(C)C)cc2ccc(N)cc21. The van der Waals surface area contributed by atoms with Crippen LogP contribution < -0.4 is 5.73 Å². The van der Waals surface area contributed by atoms with Gasteiger partial charge in [-0.05, 0) is 39.0 Å². The van der Waals surface area contributed by atoms with Crippen LogP contribution in [0.15, 0.2) is 24.3 Å². The maximum absolute atomic E-state index is 12.1. The van der Waals surface area contributed by atoms with Crippen LogP contribution in [-0.4, -0.2) is 18.2 Å². The number of benzene rings is 1. The molecule has 0 bridgehead atoms. The number of anilines is 1. The molecule has 1 aromatic carbocycles. The third kappa shape index (κ3) is 2.61. The zero-order valence-electron chi connectivity index (χ0n) is 11.6. The first-order chi connectivity index (χ1) is 8.85. The highest BCUT2D eigenvalue weighted by Gasteiger charge is 2.20. The lowest BCUT2D eigenvalue weighted by atomic mass is 10.2. The molecule has 19 heavy (non-hydrogen) atoms. The van der Waals surface area contributed by atoms with Gasteiger partial charge >= 0.3 is 0 Å². The van der Waals surface area contributed by atoms with E-state index in [0.29, 0.717) is 5.69 Å². The Morgan fingerprint density at radius 2 is 1.95 bits per heavy atom. The Hall–Kier alpha value is -1.49. The lowest BCUT2D eigenvalue weighted by Crippen LogP contribution is -2.18. The van der Waals surface area contributed by atoms with Gasteiger partial charge in [0, 0.05) is 23.3 Å². The minimum atomic E-state index is -3.09. The van der Waals surface area contributed by atoms with E-state index in [0.717, 1.165) is 23.1 Å². The maximum atomic E-state index is 12.1. The molecule has 0 spiro atoms. The number of nitrogens with zero attached hydrogens (tertiary/aromatic N) is 1. The van der Waals surface area contributed by atoms with Crippen molar-refractivity contribution in [2.75, 3.05) is 5.73 Å². The summed E-state index contributed by atoms with van der Waals surface area (Å²) in [6.45, 7) is 6.17. The van der Waals surface area contributed by atoms with Crippen molar-refractivity contribution >= 4 is 26.4 Å². The number of hydrogen-bond acceptors (Lipinski definition) is 3. The van der Waals surface area contributed by atoms with Crippen LogP contribution in [0.4, 0.5) is 5.69 Å². The van der Waals surface area contributed by atoms with Gasteiger partial charge in [0.25, 0.3) is 0 Å². The highest BCUT2D eigenvalue weighted by Crippen LogP contribution is 2.24. The molecule has 0 atom stereocenters. The molecule has 0 saturated heterocycles. The van der Waals surface area contributed by atoms with Crippen LogP contribution in [0, 0.1) is 0 Å². The van der Waals surface area contributed by atoms with Crippen LogP contribution >= 0.6 is 0 Å². The van der Waals surface area contributed by atoms with Crippen molar-refractivity contribution in [3.05, 3.63) is 30.0 Å². The number of fused-ring (bicyclic) bond motifs is 1. The zero-order chi connectivity index (χ0) is 14.2. The van der Waals surface area contributed by atoms with Crippen molar-refractivity contribution in [3.8, 4) is 0 Å². The second-order valence-corrected chi connectivity index (χ2v) is 7.61. The summed E-state index contributed by atoms with van der Waals surface area (Å²) in [5.74, 6) is 0.0765. The fourth-order valence-electron chi connectivity index (χ4n) is 2.19. The van der Waals surface area contributed by atoms with Crippen LogP contribution in [0.2, 0.25) is 0 Å². The fraction of sp³-hybridized carbons (Fsp3) is 0.429. The second-order valence-electron chi connectivity index (χ2n) is 5.05. The predicted octanol–water partition coefficient (Wildman–Crippen LogP) is 2.57. The highest BCUT2D eigenvalue weighted by atomic mass is 32.2. The van der Waals surface area contributed by atoms with Crippen molar-refractivity contribution in [1.82, 2.24) is 4.57 Å². The smallest absolute Gasteiger partial charge is 0.158 e. The molecule has 0 aliphatic rings. The lowest BCUT2D eigenvalue weighted by molar-refractivity contribution is 0.584. The Morgan fingerprint density at radius 1 is 1.26 bits per heavy atom. The molecule has 0 aliphatic heterocycles. The molecule has 4 nitrogen and oxygen atoms in total. The Morgan fingerprint density at radius 3 is 2.53 bits per heavy atom. The monoisotopic (exact) mass is 280 g/mol. The number of nitrogens with two attached hydrogens (primary N) is 1. The van der Waals surface area contributed by atoms with Gasteiger partial charge in [-0.15, -0.1) is 0 Å². The van der Waals surface area contributed by atoms with Gasteiger partial charge in [-0.3, -0.25) is 0 Å². The summed E-state index contributed by atoms with van der Waals surface area (Å²) in [5, 5.41) is 0.672. The molecule has 104 valence electrons. The molecule has 2 aromatic rings. The Labute approximate surface area is 114 Å². The van der Waals surface area contributed by atoms with E-state index in [1.54, 1.807) is 13.8 Å². The van der Waals surface area contributed by atoms with Gasteiger partial charge in [0.05, 0.1) is 16.5 Å². The molecular formula is C14H20N2O2S. The predicted molar refractivity (Wildman–Crippen MR) is 79.8 cm³/mol. The van der Waals surface area contributed by atoms with Crippen LogP contribution in [-0.2, 0) is 22.1 Å². The summed E-state index contributed by atoms with van der Waals surface area (Å²) >= 11 is 0. The molecule has 1 aromatic heterocycles. The van der Waals surface area contributed by atoms with Crippen LogP contribution in [0.5, 0.6) is 0 Å². The molecule has 0 amide bonds. The van der Waals surface area contributed by atoms with E-state index < -0.39 is 9.84 Å². The number of nitrogen functional groups attached to an aromatic ring is 1. The van der Waals surface area contributed by atoms with Gasteiger partial charge in [0.2, 0.25) is 0 Å². The van der Waals surface area contributed by atoms with Gasteiger partial charge in [-0.1, -0.05) is 6.07 Å². The Balaban J connectivity index is 2.55. The summed E-state index contributed by atoms with van der Waals surface area (Å²) in [5.41, 5.74) is 8.32. The summed E-state index contributed by atoms with van der Waals surface area (Å²) in [4.78, 5) is 0. The summed E-state index contributed by atoms with van der Waals surface area (Å²) in [6, 6.07) is 7.61. The number of aromatic nitrogens is 1. The third-order valence-corrected chi connectivity index (χ3v) is 5.53. The van der Waals surface area contributed by atoms with E-state index in [1.165, 1.54) is 0 Å². The molecule has 0 aliphatic carbocycles. The first kappa shape index (κ1) is 13.9. The lowest BCUT2D eigenvalue weighted by Gasteiger charge is -2.11. The summed E-state index contributed by atoms with van der Waals surface area (Å²) in [6.07, 6.45) is 0. The molecule has 0 unspecified atom stereocenters. The fourth-order valence-corrected chi connectivity index (χ4v) is 3.18. The Kier molecular flexibility index (Phi) is 3.58. The average molecular weight is 280 g/mol. The van der Waals surface area contributed by atoms with Gasteiger partial charge in [0.15, 0.2) is 9.84 Å². The van der Waals surface area contributed by atoms with Gasteiger partial charge < -0.3 is 10.3 Å². The molecular weight excluding hydrogens is 260 g/mol. The van der Waals surface area contributed by atoms with E-state index in [4.69, 9.17) is 5.73 Å². The first-order valence-electron chi connectivity index (χ1n) is 6.44. The third-order valence-electron chi connectivity index (χ3n) is 3.40. The van der Waals surface area contributed by atoms with Crippen molar-refractivity contribution in [3.63, 3.8) is 0 Å². The number of rotatable bonds is 4. The maximum Gasteiger partial charge on any atom is 0.158 e. The standard InChI is InChI=1S/C14H20N2O2S/c1-4-16-13(9-19(17,18)10(2)3)7-11-5-6-12(15)8-14(11)16/h5-8,10H,4,9,15H2,1-3H3. The first-order valence-corrected chi connectivity index (χ1v) is 8.16. The molecule has 0 fully saturated rings. The highest BCUT2D eigenvalue weighted by molar-refractivity contribution is 7.91. The minimum absolute atomic E-state index is 0.0765. The molecule has 5 heteroatoms. The van der Waals surface area contributed by atoms with Gasteiger partial charge in [0.1, 0.15) is 0 Å². The quantitative estimate of drug-likeness (QED) is 0.875. The minimum Gasteiger partial charge on any atom is -0.399 e. The van der Waals surface area contributed by atoms with E-state index in [1.807, 2.05) is 35.8 Å². The van der Waals surface area contributed by atoms with Crippen molar-refractivity contribution in [1.29, 1.82) is 0 Å². The molecule has 2 N–H and O–H groups in total. The van der Waals surface area contributed by atoms with Crippen molar-refractivity contribution in [2.24, 2.45) is 0 Å². The van der Waals surface area contributed by atoms with Crippen LogP contribution in [0.3, 0.4) is 0 Å². The number of aryl methyl sites for hydroxylation is 1. The largest absolute Gasteiger partial charge is 0.399 e. The Bertz CT molecular complexity index is 700. The van der Waals surface area contributed by atoms with Crippen LogP contribution in [0.1, 0.15) is 26.5 Å². The zero-order valence-corrected chi connectivity index (χ0v) is 12.4. The van der Waals surface area contributed by atoms with E-state index in [9.17, 15) is 8.42 Å². The van der Waals surface area contributed by atoms with Gasteiger partial charge in [-0.2, -0.15) is 0 Å². The normalized spacial score (nSPS) is 12.4. The second kappa shape index (κ2) is 4.89. The molecule has 1 heterocycles. The molecule has 0 saturated carbocycles. The number of sulfone groups is 1. The number of hydrogen-bond donors (Lipinski definition) is 1. The van der Waals surface area contributed by atoms with E-state index in [-0.39, 0.29) is 11.0 Å². The molecule has 2 rings (SSSR count). The topological polar surface area (TPSA) is 65.1 Å². The summed E-state index contributed by atoms with van der Waals surface area (Å²) < 4.78 is 26.2. The molecule has 0 radical (unpaired) electrons. The van der Waals surface area contributed by atoms with E-state index in [2.05, 4.69) is 0 Å². The average Bonchev–Trinajstić information content (AvgIpc) is 2.64. The summed E-state index contributed by atoms with van der Waals surface area (Å²) in [7, 11) is -3.09. The van der Waals surface area contributed by atoms with Crippen LogP contribution in [0.25, 0.3) is 10.9 Å². The van der Waals surface area contributed by atoms with Crippen molar-refractivity contribution < 1.29 is 8.42 Å². The van der Waals surface area contributed by atoms with Gasteiger partial charge in [-0.25, -0.2) is 8.42 Å². The van der Waals surface area contributed by atoms with E-state index >= 15 is 0 Å². The van der Waals surface area contributed by atoms with Crippen molar-refractivity contribution in [2.45, 2.75) is 38.3 Å².